The van der Waals surface area contributed by atoms with E-state index in [1.54, 1.807) is 17.0 Å². The number of nitrogens with zero attached hydrogens (tertiary/aromatic N) is 1. The Balaban J connectivity index is 1.73. The zero-order chi connectivity index (χ0) is 21.3. The number of β-lactam (4-membered cyclic amide) rings is 1. The van der Waals surface area contributed by atoms with Crippen molar-refractivity contribution < 1.29 is 9.59 Å². The Bertz CT molecular complexity index is 917. The van der Waals surface area contributed by atoms with Crippen molar-refractivity contribution in [3.63, 3.8) is 0 Å². The minimum Gasteiger partial charge on any atom is -0.351 e. The highest BCUT2D eigenvalue weighted by Crippen LogP contribution is 2.46. The van der Waals surface area contributed by atoms with Crippen LogP contribution in [0.2, 0.25) is 5.02 Å². The van der Waals surface area contributed by atoms with E-state index in [0.717, 1.165) is 31.2 Å². The number of anilines is 1. The van der Waals surface area contributed by atoms with Gasteiger partial charge in [0.05, 0.1) is 6.42 Å². The molecule has 1 aliphatic heterocycles. The van der Waals surface area contributed by atoms with Crippen molar-refractivity contribution in [2.24, 2.45) is 0 Å². The predicted octanol–water partition coefficient (Wildman–Crippen LogP) is 5.54. The highest BCUT2D eigenvalue weighted by Gasteiger charge is 2.58. The molecule has 1 saturated carbocycles. The molecule has 1 aliphatic carbocycles. The van der Waals surface area contributed by atoms with Gasteiger partial charge in [0.1, 0.15) is 0 Å². The fraction of sp³-hybridized carbons (Fsp3) is 0.440. The van der Waals surface area contributed by atoms with Gasteiger partial charge < -0.3 is 5.32 Å². The Morgan fingerprint density at radius 3 is 2.23 bits per heavy atom. The predicted molar refractivity (Wildman–Crippen MR) is 121 cm³/mol. The standard InChI is InChI=1S/C25H29ClN2O2/c1-17(2)18-8-10-19(11-9-18)25(24(30)27-21-6-4-3-5-7-21)16-23(29)28(25)22-14-12-20(26)13-15-22/h8-15,17,21H,3-7,16H2,1-2H3,(H,27,30)/t25-/m0/s1. The van der Waals surface area contributed by atoms with Crippen LogP contribution in [0.15, 0.2) is 48.5 Å². The third kappa shape index (κ3) is 3.74. The van der Waals surface area contributed by atoms with Crippen LogP contribution in [0, 0.1) is 0 Å². The van der Waals surface area contributed by atoms with Gasteiger partial charge in [-0.05, 0) is 54.2 Å². The first-order valence-electron chi connectivity index (χ1n) is 10.9. The highest BCUT2D eigenvalue weighted by atomic mass is 35.5. The summed E-state index contributed by atoms with van der Waals surface area (Å²) in [6, 6.07) is 15.5. The van der Waals surface area contributed by atoms with Crippen LogP contribution in [-0.2, 0) is 15.1 Å². The van der Waals surface area contributed by atoms with Crippen molar-refractivity contribution in [3.05, 3.63) is 64.7 Å². The first-order valence-corrected chi connectivity index (χ1v) is 11.3. The minimum atomic E-state index is -1.02. The summed E-state index contributed by atoms with van der Waals surface area (Å²) in [6.45, 7) is 4.29. The van der Waals surface area contributed by atoms with Crippen molar-refractivity contribution in [1.82, 2.24) is 5.32 Å². The average Bonchev–Trinajstić information content (AvgIpc) is 2.74. The molecule has 158 valence electrons. The van der Waals surface area contributed by atoms with Crippen LogP contribution in [0.5, 0.6) is 0 Å². The van der Waals surface area contributed by atoms with E-state index in [0.29, 0.717) is 16.6 Å². The summed E-state index contributed by atoms with van der Waals surface area (Å²) < 4.78 is 0. The van der Waals surface area contributed by atoms with E-state index >= 15 is 0 Å². The number of nitrogens with one attached hydrogen (secondary N) is 1. The summed E-state index contributed by atoms with van der Waals surface area (Å²) in [7, 11) is 0. The largest absolute Gasteiger partial charge is 0.351 e. The van der Waals surface area contributed by atoms with E-state index in [1.165, 1.54) is 12.0 Å². The van der Waals surface area contributed by atoms with Crippen LogP contribution >= 0.6 is 11.6 Å². The van der Waals surface area contributed by atoms with Gasteiger partial charge in [-0.1, -0.05) is 69.0 Å². The van der Waals surface area contributed by atoms with Crippen LogP contribution in [0.1, 0.15) is 69.4 Å². The van der Waals surface area contributed by atoms with E-state index < -0.39 is 5.54 Å². The third-order valence-electron chi connectivity index (χ3n) is 6.49. The molecule has 0 bridgehead atoms. The van der Waals surface area contributed by atoms with Crippen molar-refractivity contribution >= 4 is 29.1 Å². The van der Waals surface area contributed by atoms with E-state index in [4.69, 9.17) is 11.6 Å². The Morgan fingerprint density at radius 2 is 1.67 bits per heavy atom. The SMILES string of the molecule is CC(C)c1ccc([C@]2(C(=O)NC3CCCCC3)CC(=O)N2c2ccc(Cl)cc2)cc1. The number of halogens is 1. The molecule has 1 N–H and O–H groups in total. The second-order valence-electron chi connectivity index (χ2n) is 8.83. The summed E-state index contributed by atoms with van der Waals surface area (Å²) in [6.07, 6.45) is 5.69. The lowest BCUT2D eigenvalue weighted by atomic mass is 9.75. The number of benzene rings is 2. The molecular formula is C25H29ClN2O2. The topological polar surface area (TPSA) is 49.4 Å². The quantitative estimate of drug-likeness (QED) is 0.640. The number of amides is 2. The van der Waals surface area contributed by atoms with Crippen molar-refractivity contribution in [2.45, 2.75) is 69.9 Å². The average molecular weight is 425 g/mol. The van der Waals surface area contributed by atoms with Crippen LogP contribution < -0.4 is 10.2 Å². The second kappa shape index (κ2) is 8.43. The molecule has 4 nitrogen and oxygen atoms in total. The number of rotatable bonds is 5. The van der Waals surface area contributed by atoms with Crippen molar-refractivity contribution in [2.75, 3.05) is 4.90 Å². The normalized spacial score (nSPS) is 22.1. The van der Waals surface area contributed by atoms with Gasteiger partial charge in [-0.25, -0.2) is 0 Å². The lowest BCUT2D eigenvalue weighted by Gasteiger charge is -2.51. The molecule has 1 heterocycles. The van der Waals surface area contributed by atoms with E-state index in [9.17, 15) is 9.59 Å². The molecule has 1 saturated heterocycles. The monoisotopic (exact) mass is 424 g/mol. The summed E-state index contributed by atoms with van der Waals surface area (Å²) in [4.78, 5) is 28.1. The molecule has 4 rings (SSSR count). The molecule has 0 radical (unpaired) electrons. The fourth-order valence-corrected chi connectivity index (χ4v) is 4.82. The highest BCUT2D eigenvalue weighted by molar-refractivity contribution is 6.30. The van der Waals surface area contributed by atoms with Crippen LogP contribution in [-0.4, -0.2) is 17.9 Å². The van der Waals surface area contributed by atoms with Crippen molar-refractivity contribution in [1.29, 1.82) is 0 Å². The first kappa shape index (κ1) is 20.9. The Labute approximate surface area is 183 Å². The molecule has 2 aromatic rings. The molecule has 0 aromatic heterocycles. The number of hydrogen-bond acceptors (Lipinski definition) is 2. The van der Waals surface area contributed by atoms with E-state index in [2.05, 4.69) is 31.3 Å². The molecule has 5 heteroatoms. The zero-order valence-electron chi connectivity index (χ0n) is 17.7. The van der Waals surface area contributed by atoms with Gasteiger partial charge in [0.15, 0.2) is 5.54 Å². The lowest BCUT2D eigenvalue weighted by Crippen LogP contribution is -2.69. The summed E-state index contributed by atoms with van der Waals surface area (Å²) in [5.74, 6) is 0.270. The molecule has 2 aliphatic rings. The number of carbonyl (C=O) groups is 2. The molecule has 0 unspecified atom stereocenters. The van der Waals surface area contributed by atoms with Gasteiger partial charge in [0, 0.05) is 16.8 Å². The van der Waals surface area contributed by atoms with Gasteiger partial charge in [-0.3, -0.25) is 14.5 Å². The van der Waals surface area contributed by atoms with E-state index in [-0.39, 0.29) is 24.3 Å². The summed E-state index contributed by atoms with van der Waals surface area (Å²) >= 11 is 6.06. The van der Waals surface area contributed by atoms with Gasteiger partial charge in [0.25, 0.3) is 5.91 Å². The van der Waals surface area contributed by atoms with Crippen molar-refractivity contribution in [3.8, 4) is 0 Å². The molecule has 1 atom stereocenters. The molecule has 0 spiro atoms. The van der Waals surface area contributed by atoms with E-state index in [1.807, 2.05) is 24.3 Å². The zero-order valence-corrected chi connectivity index (χ0v) is 18.4. The second-order valence-corrected chi connectivity index (χ2v) is 9.26. The van der Waals surface area contributed by atoms with Crippen LogP contribution in [0.25, 0.3) is 0 Å². The number of hydrogen-bond donors (Lipinski definition) is 1. The molecule has 2 aromatic carbocycles. The summed E-state index contributed by atoms with van der Waals surface area (Å²) in [5, 5.41) is 3.87. The van der Waals surface area contributed by atoms with Crippen LogP contribution in [0.3, 0.4) is 0 Å². The van der Waals surface area contributed by atoms with Gasteiger partial charge in [-0.15, -0.1) is 0 Å². The van der Waals surface area contributed by atoms with Gasteiger partial charge in [-0.2, -0.15) is 0 Å². The smallest absolute Gasteiger partial charge is 0.251 e. The minimum absolute atomic E-state index is 0.0518. The Kier molecular flexibility index (Phi) is 5.88. The molecular weight excluding hydrogens is 396 g/mol. The molecule has 2 amide bonds. The third-order valence-corrected chi connectivity index (χ3v) is 6.75. The Morgan fingerprint density at radius 1 is 1.03 bits per heavy atom. The maximum Gasteiger partial charge on any atom is 0.251 e. The summed E-state index contributed by atoms with van der Waals surface area (Å²) in [5.41, 5.74) is 1.75. The maximum atomic E-state index is 13.7. The fourth-order valence-electron chi connectivity index (χ4n) is 4.69. The maximum absolute atomic E-state index is 13.7. The number of carbonyl (C=O) groups excluding carboxylic acids is 2. The van der Waals surface area contributed by atoms with Gasteiger partial charge >= 0.3 is 0 Å². The molecule has 2 fully saturated rings. The Hall–Kier alpha value is -2.33. The van der Waals surface area contributed by atoms with Gasteiger partial charge in [0.2, 0.25) is 5.91 Å². The van der Waals surface area contributed by atoms with Crippen LogP contribution in [0.4, 0.5) is 5.69 Å². The lowest BCUT2D eigenvalue weighted by molar-refractivity contribution is -0.141. The molecule has 30 heavy (non-hydrogen) atoms. The first-order chi connectivity index (χ1) is 14.4.